The van der Waals surface area contributed by atoms with E-state index < -0.39 is 0 Å². The Bertz CT molecular complexity index is 782. The van der Waals surface area contributed by atoms with E-state index in [1.165, 1.54) is 6.07 Å². The van der Waals surface area contributed by atoms with Crippen LogP contribution in [-0.4, -0.2) is 34.1 Å². The topological polar surface area (TPSA) is 61.9 Å². The van der Waals surface area contributed by atoms with E-state index in [4.69, 9.17) is 0 Å². The number of rotatable bonds is 3. The fourth-order valence-electron chi connectivity index (χ4n) is 3.07. The van der Waals surface area contributed by atoms with Crippen LogP contribution in [0.2, 0.25) is 0 Å². The molecule has 5 nitrogen and oxygen atoms in total. The lowest BCUT2D eigenvalue weighted by Crippen LogP contribution is -2.32. The minimum absolute atomic E-state index is 0.0711. The summed E-state index contributed by atoms with van der Waals surface area (Å²) in [7, 11) is 1.74. The number of pyridine rings is 2. The van der Waals surface area contributed by atoms with Gasteiger partial charge < -0.3 is 9.47 Å². The van der Waals surface area contributed by atoms with Gasteiger partial charge in [-0.3, -0.25) is 9.78 Å². The van der Waals surface area contributed by atoms with E-state index in [1.807, 2.05) is 0 Å². The molecule has 0 spiro atoms. The maximum Gasteiger partial charge on any atom is 0.250 e. The SMILES string of the molecule is Cn1c(=O)ccc2ncc(C#N)c(CCN3CC[CH]CC3)c21. The summed E-state index contributed by atoms with van der Waals surface area (Å²) in [6.07, 6.45) is 6.95. The van der Waals surface area contributed by atoms with Crippen LogP contribution in [0.15, 0.2) is 23.1 Å². The molecule has 0 atom stereocenters. The highest BCUT2D eigenvalue weighted by molar-refractivity contribution is 5.80. The Balaban J connectivity index is 2.00. The molecule has 1 saturated heterocycles. The Labute approximate surface area is 129 Å². The van der Waals surface area contributed by atoms with Crippen molar-refractivity contribution in [1.82, 2.24) is 14.5 Å². The summed E-state index contributed by atoms with van der Waals surface area (Å²) in [4.78, 5) is 18.6. The van der Waals surface area contributed by atoms with Gasteiger partial charge in [0, 0.05) is 25.9 Å². The van der Waals surface area contributed by atoms with Gasteiger partial charge in [0.1, 0.15) is 6.07 Å². The lowest BCUT2D eigenvalue weighted by molar-refractivity contribution is 0.257. The first-order valence-corrected chi connectivity index (χ1v) is 7.62. The highest BCUT2D eigenvalue weighted by Crippen LogP contribution is 2.20. The highest BCUT2D eigenvalue weighted by Gasteiger charge is 2.15. The molecule has 5 heteroatoms. The average molecular weight is 295 g/mol. The molecule has 2 aromatic heterocycles. The molecular formula is C17H19N4O. The number of nitriles is 1. The molecule has 0 N–H and O–H groups in total. The fraction of sp³-hybridized carbons (Fsp3) is 0.412. The maximum absolute atomic E-state index is 11.9. The number of likely N-dealkylation sites (tertiary alicyclic amines) is 1. The van der Waals surface area contributed by atoms with Gasteiger partial charge in [0.2, 0.25) is 0 Å². The second kappa shape index (κ2) is 6.29. The molecule has 113 valence electrons. The lowest BCUT2D eigenvalue weighted by Gasteiger charge is -2.26. The molecule has 0 aliphatic carbocycles. The van der Waals surface area contributed by atoms with Crippen LogP contribution in [0.25, 0.3) is 11.0 Å². The van der Waals surface area contributed by atoms with Crippen LogP contribution in [0.3, 0.4) is 0 Å². The van der Waals surface area contributed by atoms with E-state index in [1.54, 1.807) is 23.9 Å². The molecule has 1 fully saturated rings. The third-order valence-electron chi connectivity index (χ3n) is 4.33. The molecule has 2 aromatic rings. The van der Waals surface area contributed by atoms with E-state index in [0.29, 0.717) is 5.56 Å². The number of hydrogen-bond acceptors (Lipinski definition) is 4. The second-order valence-corrected chi connectivity index (χ2v) is 5.68. The quantitative estimate of drug-likeness (QED) is 0.864. The number of nitrogens with zero attached hydrogens (tertiary/aromatic N) is 4. The van der Waals surface area contributed by atoms with Gasteiger partial charge in [-0.15, -0.1) is 0 Å². The molecule has 0 amide bonds. The molecule has 0 unspecified atom stereocenters. The standard InChI is InChI=1S/C17H19N4O/c1-20-16(22)6-5-15-17(20)14(13(11-18)12-19-15)7-10-21-8-3-2-4-9-21/h2,5-6,12H,3-4,7-10H2,1H3. The van der Waals surface area contributed by atoms with Crippen molar-refractivity contribution in [3.05, 3.63) is 46.2 Å². The Kier molecular flexibility index (Phi) is 4.21. The Morgan fingerprint density at radius 2 is 2.09 bits per heavy atom. The van der Waals surface area contributed by atoms with Gasteiger partial charge in [-0.25, -0.2) is 0 Å². The van der Waals surface area contributed by atoms with E-state index in [2.05, 4.69) is 22.4 Å². The minimum Gasteiger partial charge on any atom is -0.310 e. The van der Waals surface area contributed by atoms with Crippen molar-refractivity contribution < 1.29 is 0 Å². The van der Waals surface area contributed by atoms with E-state index in [-0.39, 0.29) is 5.56 Å². The fourth-order valence-corrected chi connectivity index (χ4v) is 3.07. The van der Waals surface area contributed by atoms with E-state index in [9.17, 15) is 10.1 Å². The predicted octanol–water partition coefficient (Wildman–Crippen LogP) is 1.65. The summed E-state index contributed by atoms with van der Waals surface area (Å²) in [5.74, 6) is 0. The van der Waals surface area contributed by atoms with Crippen molar-refractivity contribution in [1.29, 1.82) is 5.26 Å². The monoisotopic (exact) mass is 295 g/mol. The Morgan fingerprint density at radius 3 is 2.82 bits per heavy atom. The molecule has 1 radical (unpaired) electrons. The first-order valence-electron chi connectivity index (χ1n) is 7.62. The molecule has 1 aliphatic rings. The third-order valence-corrected chi connectivity index (χ3v) is 4.33. The van der Waals surface area contributed by atoms with Crippen LogP contribution >= 0.6 is 0 Å². The Hall–Kier alpha value is -2.19. The van der Waals surface area contributed by atoms with Gasteiger partial charge in [-0.2, -0.15) is 5.26 Å². The molecule has 3 heterocycles. The van der Waals surface area contributed by atoms with Crippen molar-refractivity contribution in [3.8, 4) is 6.07 Å². The number of hydrogen-bond donors (Lipinski definition) is 0. The summed E-state index contributed by atoms with van der Waals surface area (Å²) in [5, 5.41) is 9.38. The molecule has 1 aliphatic heterocycles. The van der Waals surface area contributed by atoms with Crippen LogP contribution in [0, 0.1) is 17.8 Å². The van der Waals surface area contributed by atoms with Gasteiger partial charge >= 0.3 is 0 Å². The number of aromatic nitrogens is 2. The van der Waals surface area contributed by atoms with E-state index >= 15 is 0 Å². The first-order chi connectivity index (χ1) is 10.7. The highest BCUT2D eigenvalue weighted by atomic mass is 16.1. The normalized spacial score (nSPS) is 15.8. The summed E-state index contributed by atoms with van der Waals surface area (Å²) in [5.41, 5.74) is 2.98. The van der Waals surface area contributed by atoms with Crippen molar-refractivity contribution in [2.75, 3.05) is 19.6 Å². The maximum atomic E-state index is 11.9. The van der Waals surface area contributed by atoms with Gasteiger partial charge in [0.25, 0.3) is 5.56 Å². The number of piperidine rings is 1. The third kappa shape index (κ3) is 2.75. The van der Waals surface area contributed by atoms with Gasteiger partial charge in [-0.1, -0.05) is 0 Å². The zero-order valence-electron chi connectivity index (χ0n) is 12.7. The van der Waals surface area contributed by atoms with Gasteiger partial charge in [-0.05, 0) is 50.4 Å². The number of fused-ring (bicyclic) bond motifs is 1. The molecule has 0 bridgehead atoms. The molecule has 0 aromatic carbocycles. The smallest absolute Gasteiger partial charge is 0.250 e. The van der Waals surface area contributed by atoms with E-state index in [0.717, 1.165) is 55.5 Å². The van der Waals surface area contributed by atoms with Crippen molar-refractivity contribution in [2.24, 2.45) is 7.05 Å². The average Bonchev–Trinajstić information content (AvgIpc) is 2.56. The first kappa shape index (κ1) is 14.7. The number of aryl methyl sites for hydroxylation is 1. The van der Waals surface area contributed by atoms with Crippen molar-refractivity contribution >= 4 is 11.0 Å². The van der Waals surface area contributed by atoms with Crippen molar-refractivity contribution in [3.63, 3.8) is 0 Å². The van der Waals surface area contributed by atoms with Crippen LogP contribution in [-0.2, 0) is 13.5 Å². The Morgan fingerprint density at radius 1 is 1.32 bits per heavy atom. The summed E-state index contributed by atoms with van der Waals surface area (Å²) >= 11 is 0. The molecule has 22 heavy (non-hydrogen) atoms. The van der Waals surface area contributed by atoms with Crippen molar-refractivity contribution in [2.45, 2.75) is 19.3 Å². The van der Waals surface area contributed by atoms with Crippen LogP contribution in [0.4, 0.5) is 0 Å². The molecule has 0 saturated carbocycles. The lowest BCUT2D eigenvalue weighted by atomic mass is 10.0. The van der Waals surface area contributed by atoms with Crippen LogP contribution in [0.5, 0.6) is 0 Å². The minimum atomic E-state index is -0.0711. The largest absolute Gasteiger partial charge is 0.310 e. The van der Waals surface area contributed by atoms with Gasteiger partial charge in [0.05, 0.1) is 16.6 Å². The molecule has 3 rings (SSSR count). The van der Waals surface area contributed by atoms with Gasteiger partial charge in [0.15, 0.2) is 0 Å². The summed E-state index contributed by atoms with van der Waals surface area (Å²) in [6, 6.07) is 5.47. The zero-order chi connectivity index (χ0) is 15.5. The molecular weight excluding hydrogens is 276 g/mol. The van der Waals surface area contributed by atoms with Crippen LogP contribution in [0.1, 0.15) is 24.0 Å². The summed E-state index contributed by atoms with van der Waals surface area (Å²) < 4.78 is 1.60. The zero-order valence-corrected chi connectivity index (χ0v) is 12.7. The summed E-state index contributed by atoms with van der Waals surface area (Å²) in [6.45, 7) is 3.05. The second-order valence-electron chi connectivity index (χ2n) is 5.68. The van der Waals surface area contributed by atoms with Crippen LogP contribution < -0.4 is 5.56 Å². The predicted molar refractivity (Wildman–Crippen MR) is 85.4 cm³/mol.